The summed E-state index contributed by atoms with van der Waals surface area (Å²) in [4.78, 5) is 0. The standard InChI is InChI=1S/C15H21Br2NO/c1-2-15(5-3-4-6-15)10-18-9-11-7-12(16)14(19)13(17)8-11/h7-8,18-19H,2-6,9-10H2,1H3. The number of halogens is 2. The molecular formula is C15H21Br2NO. The smallest absolute Gasteiger partial charge is 0.143 e. The molecule has 1 fully saturated rings. The topological polar surface area (TPSA) is 32.3 Å². The molecule has 19 heavy (non-hydrogen) atoms. The third-order valence-electron chi connectivity index (χ3n) is 4.32. The van der Waals surface area contributed by atoms with Crippen LogP contribution in [0.1, 0.15) is 44.6 Å². The first-order valence-electron chi connectivity index (χ1n) is 6.94. The van der Waals surface area contributed by atoms with Gasteiger partial charge in [0.2, 0.25) is 0 Å². The first-order valence-corrected chi connectivity index (χ1v) is 8.52. The molecule has 0 unspecified atom stereocenters. The van der Waals surface area contributed by atoms with Gasteiger partial charge in [-0.3, -0.25) is 0 Å². The van der Waals surface area contributed by atoms with E-state index in [0.717, 1.165) is 22.0 Å². The van der Waals surface area contributed by atoms with Crippen LogP contribution >= 0.6 is 31.9 Å². The molecule has 1 aliphatic carbocycles. The van der Waals surface area contributed by atoms with Crippen LogP contribution in [0.25, 0.3) is 0 Å². The van der Waals surface area contributed by atoms with Crippen molar-refractivity contribution in [3.8, 4) is 5.75 Å². The molecule has 2 N–H and O–H groups in total. The summed E-state index contributed by atoms with van der Waals surface area (Å²) >= 11 is 6.74. The summed E-state index contributed by atoms with van der Waals surface area (Å²) in [6, 6.07) is 3.95. The van der Waals surface area contributed by atoms with E-state index in [2.05, 4.69) is 44.1 Å². The van der Waals surface area contributed by atoms with Gasteiger partial charge in [-0.1, -0.05) is 19.8 Å². The van der Waals surface area contributed by atoms with Gasteiger partial charge in [-0.25, -0.2) is 0 Å². The van der Waals surface area contributed by atoms with E-state index in [1.165, 1.54) is 37.7 Å². The van der Waals surface area contributed by atoms with Gasteiger partial charge in [-0.2, -0.15) is 0 Å². The van der Waals surface area contributed by atoms with Gasteiger partial charge in [0, 0.05) is 13.1 Å². The monoisotopic (exact) mass is 389 g/mol. The van der Waals surface area contributed by atoms with Crippen LogP contribution in [0.4, 0.5) is 0 Å². The van der Waals surface area contributed by atoms with Crippen LogP contribution in [-0.2, 0) is 6.54 Å². The van der Waals surface area contributed by atoms with Gasteiger partial charge >= 0.3 is 0 Å². The summed E-state index contributed by atoms with van der Waals surface area (Å²) in [6.07, 6.45) is 6.75. The van der Waals surface area contributed by atoms with Gasteiger partial charge in [0.1, 0.15) is 5.75 Å². The zero-order valence-electron chi connectivity index (χ0n) is 11.3. The molecule has 0 spiro atoms. The van der Waals surface area contributed by atoms with E-state index >= 15 is 0 Å². The lowest BCUT2D eigenvalue weighted by Gasteiger charge is -2.27. The lowest BCUT2D eigenvalue weighted by molar-refractivity contribution is 0.268. The fourth-order valence-corrected chi connectivity index (χ4v) is 4.25. The molecule has 106 valence electrons. The molecule has 0 aliphatic heterocycles. The minimum Gasteiger partial charge on any atom is -0.506 e. The molecule has 1 aromatic carbocycles. The quantitative estimate of drug-likeness (QED) is 0.743. The molecule has 4 heteroatoms. The molecule has 0 amide bonds. The number of phenolic OH excluding ortho intramolecular Hbond substituents is 1. The number of phenols is 1. The Kier molecular flexibility index (Phi) is 5.32. The Labute approximate surface area is 132 Å². The van der Waals surface area contributed by atoms with Crippen molar-refractivity contribution < 1.29 is 5.11 Å². The zero-order chi connectivity index (χ0) is 13.9. The van der Waals surface area contributed by atoms with Crippen LogP contribution in [0.15, 0.2) is 21.1 Å². The van der Waals surface area contributed by atoms with E-state index in [9.17, 15) is 5.11 Å². The number of aromatic hydroxyl groups is 1. The van der Waals surface area contributed by atoms with E-state index in [0.29, 0.717) is 5.41 Å². The van der Waals surface area contributed by atoms with Crippen molar-refractivity contribution in [3.63, 3.8) is 0 Å². The molecule has 0 radical (unpaired) electrons. The summed E-state index contributed by atoms with van der Waals surface area (Å²) in [5, 5.41) is 13.3. The second-order valence-corrected chi connectivity index (χ2v) is 7.28. The minimum absolute atomic E-state index is 0.268. The van der Waals surface area contributed by atoms with Gasteiger partial charge in [-0.15, -0.1) is 0 Å². The van der Waals surface area contributed by atoms with Crippen LogP contribution in [0.5, 0.6) is 5.75 Å². The van der Waals surface area contributed by atoms with Crippen molar-refractivity contribution in [3.05, 3.63) is 26.6 Å². The number of hydrogen-bond donors (Lipinski definition) is 2. The highest BCUT2D eigenvalue weighted by molar-refractivity contribution is 9.11. The van der Waals surface area contributed by atoms with Gasteiger partial charge in [-0.05, 0) is 74.2 Å². The first kappa shape index (κ1) is 15.3. The molecule has 2 rings (SSSR count). The predicted molar refractivity (Wildman–Crippen MR) is 86.4 cm³/mol. The number of benzene rings is 1. The van der Waals surface area contributed by atoms with Gasteiger partial charge in [0.05, 0.1) is 8.95 Å². The SMILES string of the molecule is CCC1(CNCc2cc(Br)c(O)c(Br)c2)CCCC1. The van der Waals surface area contributed by atoms with Crippen LogP contribution in [0.3, 0.4) is 0 Å². The lowest BCUT2D eigenvalue weighted by Crippen LogP contribution is -2.31. The lowest BCUT2D eigenvalue weighted by atomic mass is 9.83. The third kappa shape index (κ3) is 3.73. The van der Waals surface area contributed by atoms with Crippen molar-refractivity contribution in [1.82, 2.24) is 5.32 Å². The van der Waals surface area contributed by atoms with E-state index in [1.54, 1.807) is 0 Å². The molecule has 0 saturated heterocycles. The highest BCUT2D eigenvalue weighted by Crippen LogP contribution is 2.40. The summed E-state index contributed by atoms with van der Waals surface area (Å²) in [6.45, 7) is 4.25. The molecule has 0 aromatic heterocycles. The van der Waals surface area contributed by atoms with Crippen molar-refractivity contribution in [2.45, 2.75) is 45.6 Å². The first-order chi connectivity index (χ1) is 9.06. The largest absolute Gasteiger partial charge is 0.506 e. The van der Waals surface area contributed by atoms with E-state index in [4.69, 9.17) is 0 Å². The Morgan fingerprint density at radius 3 is 2.32 bits per heavy atom. The maximum absolute atomic E-state index is 9.69. The highest BCUT2D eigenvalue weighted by atomic mass is 79.9. The Bertz CT molecular complexity index is 419. The Morgan fingerprint density at radius 1 is 1.21 bits per heavy atom. The molecule has 0 bridgehead atoms. The van der Waals surface area contributed by atoms with E-state index in [1.807, 2.05) is 12.1 Å². The molecule has 1 aromatic rings. The van der Waals surface area contributed by atoms with Crippen LogP contribution in [0, 0.1) is 5.41 Å². The molecule has 1 saturated carbocycles. The fourth-order valence-electron chi connectivity index (χ4n) is 2.97. The van der Waals surface area contributed by atoms with Crippen LogP contribution in [-0.4, -0.2) is 11.7 Å². The Balaban J connectivity index is 1.92. The maximum Gasteiger partial charge on any atom is 0.143 e. The average Bonchev–Trinajstić information content (AvgIpc) is 2.85. The van der Waals surface area contributed by atoms with Gasteiger partial charge in [0.15, 0.2) is 0 Å². The average molecular weight is 391 g/mol. The van der Waals surface area contributed by atoms with Gasteiger partial charge in [0.25, 0.3) is 0 Å². The van der Waals surface area contributed by atoms with Crippen molar-refractivity contribution in [2.24, 2.45) is 5.41 Å². The molecule has 0 heterocycles. The minimum atomic E-state index is 0.268. The molecule has 0 atom stereocenters. The maximum atomic E-state index is 9.69. The zero-order valence-corrected chi connectivity index (χ0v) is 14.5. The number of rotatable bonds is 5. The molecule has 2 nitrogen and oxygen atoms in total. The Hall–Kier alpha value is -0.0600. The fraction of sp³-hybridized carbons (Fsp3) is 0.600. The summed E-state index contributed by atoms with van der Waals surface area (Å²) in [7, 11) is 0. The van der Waals surface area contributed by atoms with Crippen molar-refractivity contribution in [2.75, 3.05) is 6.54 Å². The summed E-state index contributed by atoms with van der Waals surface area (Å²) in [5.74, 6) is 0.268. The third-order valence-corrected chi connectivity index (χ3v) is 5.53. The van der Waals surface area contributed by atoms with Crippen molar-refractivity contribution in [1.29, 1.82) is 0 Å². The van der Waals surface area contributed by atoms with E-state index < -0.39 is 0 Å². The van der Waals surface area contributed by atoms with Gasteiger partial charge < -0.3 is 10.4 Å². The number of hydrogen-bond acceptors (Lipinski definition) is 2. The predicted octanol–water partition coefficient (Wildman–Crippen LogP) is 4.98. The summed E-state index contributed by atoms with van der Waals surface area (Å²) in [5.41, 5.74) is 1.70. The normalized spacial score (nSPS) is 17.8. The van der Waals surface area contributed by atoms with Crippen LogP contribution < -0.4 is 5.32 Å². The molecular weight excluding hydrogens is 370 g/mol. The van der Waals surface area contributed by atoms with Crippen molar-refractivity contribution >= 4 is 31.9 Å². The highest BCUT2D eigenvalue weighted by Gasteiger charge is 2.31. The second-order valence-electron chi connectivity index (χ2n) is 5.57. The summed E-state index contributed by atoms with van der Waals surface area (Å²) < 4.78 is 1.48. The molecule has 1 aliphatic rings. The van der Waals surface area contributed by atoms with Crippen LogP contribution in [0.2, 0.25) is 0 Å². The van der Waals surface area contributed by atoms with E-state index in [-0.39, 0.29) is 5.75 Å². The Morgan fingerprint density at radius 2 is 1.79 bits per heavy atom. The second kappa shape index (κ2) is 6.59. The number of nitrogens with one attached hydrogen (secondary N) is 1.